The van der Waals surface area contributed by atoms with Crippen molar-refractivity contribution < 1.29 is 4.74 Å². The first-order chi connectivity index (χ1) is 8.69. The van der Waals surface area contributed by atoms with Gasteiger partial charge in [-0.1, -0.05) is 19.4 Å². The third-order valence-electron chi connectivity index (χ3n) is 3.46. The van der Waals surface area contributed by atoms with Crippen LogP contribution in [0.2, 0.25) is 0 Å². The van der Waals surface area contributed by atoms with E-state index in [2.05, 4.69) is 53.3 Å². The van der Waals surface area contributed by atoms with Gasteiger partial charge in [-0.15, -0.1) is 0 Å². The second kappa shape index (κ2) is 6.58. The second-order valence-electron chi connectivity index (χ2n) is 5.13. The van der Waals surface area contributed by atoms with Gasteiger partial charge < -0.3 is 10.1 Å². The van der Waals surface area contributed by atoms with Gasteiger partial charge in [0.05, 0.1) is 6.10 Å². The Bertz CT molecular complexity index is 392. The molecule has 1 aliphatic heterocycles. The summed E-state index contributed by atoms with van der Waals surface area (Å²) in [6.07, 6.45) is 5.03. The summed E-state index contributed by atoms with van der Waals surface area (Å²) in [6.45, 7) is 5.21. The molecule has 1 N–H and O–H groups in total. The minimum atomic E-state index is 0.436. The minimum Gasteiger partial charge on any atom is -0.381 e. The van der Waals surface area contributed by atoms with Crippen molar-refractivity contribution in [3.8, 4) is 0 Å². The first kappa shape index (κ1) is 13.9. The number of nitrogens with one attached hydrogen (secondary N) is 1. The third kappa shape index (κ3) is 3.72. The molecule has 0 bridgehead atoms. The molecule has 0 radical (unpaired) electrons. The molecule has 0 aromatic heterocycles. The summed E-state index contributed by atoms with van der Waals surface area (Å²) in [6, 6.07) is 7.00. The van der Waals surface area contributed by atoms with E-state index in [1.54, 1.807) is 0 Å². The molecule has 1 saturated heterocycles. The maximum atomic E-state index is 5.78. The van der Waals surface area contributed by atoms with Gasteiger partial charge in [0, 0.05) is 22.8 Å². The molecule has 0 amide bonds. The molecular weight excluding hydrogens is 290 g/mol. The van der Waals surface area contributed by atoms with Crippen LogP contribution < -0.4 is 5.32 Å². The highest BCUT2D eigenvalue weighted by Gasteiger charge is 2.22. The minimum absolute atomic E-state index is 0.436. The molecule has 1 heterocycles. The fraction of sp³-hybridized carbons (Fsp3) is 0.600. The topological polar surface area (TPSA) is 21.3 Å². The van der Waals surface area contributed by atoms with Crippen LogP contribution in [0.3, 0.4) is 0 Å². The van der Waals surface area contributed by atoms with Gasteiger partial charge in [0.25, 0.3) is 0 Å². The molecule has 0 saturated carbocycles. The third-order valence-corrected chi connectivity index (χ3v) is 4.12. The second-order valence-corrected chi connectivity index (χ2v) is 5.98. The predicted octanol–water partition coefficient (Wildman–Crippen LogP) is 4.52. The molecule has 2 unspecified atom stereocenters. The molecular formula is C15H22BrNO. The number of aryl methyl sites for hydroxylation is 1. The predicted molar refractivity (Wildman–Crippen MR) is 80.2 cm³/mol. The molecule has 1 aromatic carbocycles. The lowest BCUT2D eigenvalue weighted by atomic mass is 10.00. The van der Waals surface area contributed by atoms with Crippen LogP contribution in [0, 0.1) is 6.92 Å². The van der Waals surface area contributed by atoms with Crippen molar-refractivity contribution in [2.24, 2.45) is 0 Å². The number of benzene rings is 1. The molecule has 18 heavy (non-hydrogen) atoms. The molecule has 1 aromatic rings. The Balaban J connectivity index is 1.96. The van der Waals surface area contributed by atoms with E-state index >= 15 is 0 Å². The SMILES string of the molecule is CCCC1CC(Nc2ccc(C)cc2Br)CCO1. The van der Waals surface area contributed by atoms with Crippen molar-refractivity contribution in [3.63, 3.8) is 0 Å². The Morgan fingerprint density at radius 2 is 2.28 bits per heavy atom. The highest BCUT2D eigenvalue weighted by atomic mass is 79.9. The standard InChI is InChI=1S/C15H22BrNO/c1-3-4-13-10-12(7-8-18-13)17-15-6-5-11(2)9-14(15)16/h5-6,9,12-13,17H,3-4,7-8,10H2,1-2H3. The van der Waals surface area contributed by atoms with Crippen molar-refractivity contribution in [2.45, 2.75) is 51.7 Å². The van der Waals surface area contributed by atoms with Crippen molar-refractivity contribution >= 4 is 21.6 Å². The lowest BCUT2D eigenvalue weighted by Gasteiger charge is -2.31. The van der Waals surface area contributed by atoms with Gasteiger partial charge in [0.2, 0.25) is 0 Å². The van der Waals surface area contributed by atoms with Crippen LogP contribution in [0.4, 0.5) is 5.69 Å². The summed E-state index contributed by atoms with van der Waals surface area (Å²) in [7, 11) is 0. The van der Waals surface area contributed by atoms with Gasteiger partial charge >= 0.3 is 0 Å². The van der Waals surface area contributed by atoms with E-state index in [0.717, 1.165) is 23.9 Å². The average Bonchev–Trinajstić information content (AvgIpc) is 2.34. The van der Waals surface area contributed by atoms with E-state index in [1.807, 2.05) is 0 Å². The molecule has 2 atom stereocenters. The summed E-state index contributed by atoms with van der Waals surface area (Å²) < 4.78 is 6.94. The Hall–Kier alpha value is -0.540. The van der Waals surface area contributed by atoms with E-state index in [9.17, 15) is 0 Å². The zero-order chi connectivity index (χ0) is 13.0. The first-order valence-electron chi connectivity index (χ1n) is 6.83. The summed E-state index contributed by atoms with van der Waals surface area (Å²) in [5.74, 6) is 0. The Labute approximate surface area is 118 Å². The number of hydrogen-bond acceptors (Lipinski definition) is 2. The molecule has 2 rings (SSSR count). The smallest absolute Gasteiger partial charge is 0.0594 e. The van der Waals surface area contributed by atoms with Gasteiger partial charge in [-0.05, 0) is 59.8 Å². The Morgan fingerprint density at radius 1 is 1.44 bits per heavy atom. The van der Waals surface area contributed by atoms with Crippen molar-refractivity contribution in [2.75, 3.05) is 11.9 Å². The zero-order valence-electron chi connectivity index (χ0n) is 11.2. The largest absolute Gasteiger partial charge is 0.381 e. The van der Waals surface area contributed by atoms with Crippen LogP contribution in [-0.2, 0) is 4.74 Å². The van der Waals surface area contributed by atoms with Crippen molar-refractivity contribution in [1.29, 1.82) is 0 Å². The average molecular weight is 312 g/mol. The lowest BCUT2D eigenvalue weighted by molar-refractivity contribution is 0.00597. The van der Waals surface area contributed by atoms with Gasteiger partial charge in [-0.3, -0.25) is 0 Å². The van der Waals surface area contributed by atoms with Crippen molar-refractivity contribution in [3.05, 3.63) is 28.2 Å². The normalized spacial score (nSPS) is 23.9. The molecule has 0 spiro atoms. The van der Waals surface area contributed by atoms with Crippen LogP contribution >= 0.6 is 15.9 Å². The van der Waals surface area contributed by atoms with Crippen molar-refractivity contribution in [1.82, 2.24) is 0 Å². The zero-order valence-corrected chi connectivity index (χ0v) is 12.8. The Kier molecular flexibility index (Phi) is 5.07. The maximum absolute atomic E-state index is 5.78. The van der Waals surface area contributed by atoms with E-state index in [1.165, 1.54) is 24.1 Å². The highest BCUT2D eigenvalue weighted by Crippen LogP contribution is 2.27. The summed E-state index contributed by atoms with van der Waals surface area (Å²) in [4.78, 5) is 0. The molecule has 0 aliphatic carbocycles. The fourth-order valence-corrected chi connectivity index (χ4v) is 3.10. The first-order valence-corrected chi connectivity index (χ1v) is 7.62. The van der Waals surface area contributed by atoms with E-state index in [0.29, 0.717) is 12.1 Å². The number of anilines is 1. The van der Waals surface area contributed by atoms with Crippen LogP contribution in [-0.4, -0.2) is 18.8 Å². The van der Waals surface area contributed by atoms with Crippen LogP contribution in [0.15, 0.2) is 22.7 Å². The fourth-order valence-electron chi connectivity index (χ4n) is 2.49. The van der Waals surface area contributed by atoms with Gasteiger partial charge in [-0.25, -0.2) is 0 Å². The van der Waals surface area contributed by atoms with E-state index < -0.39 is 0 Å². The summed E-state index contributed by atoms with van der Waals surface area (Å²) in [5, 5.41) is 3.64. The number of hydrogen-bond donors (Lipinski definition) is 1. The summed E-state index contributed by atoms with van der Waals surface area (Å²) >= 11 is 3.63. The monoisotopic (exact) mass is 311 g/mol. The van der Waals surface area contributed by atoms with Gasteiger partial charge in [-0.2, -0.15) is 0 Å². The molecule has 1 aliphatic rings. The number of rotatable bonds is 4. The van der Waals surface area contributed by atoms with Gasteiger partial charge in [0.1, 0.15) is 0 Å². The molecule has 2 nitrogen and oxygen atoms in total. The number of ether oxygens (including phenoxy) is 1. The van der Waals surface area contributed by atoms with Gasteiger partial charge in [0.15, 0.2) is 0 Å². The number of halogens is 1. The molecule has 100 valence electrons. The molecule has 3 heteroatoms. The summed E-state index contributed by atoms with van der Waals surface area (Å²) in [5.41, 5.74) is 2.48. The van der Waals surface area contributed by atoms with Crippen LogP contribution in [0.5, 0.6) is 0 Å². The highest BCUT2D eigenvalue weighted by molar-refractivity contribution is 9.10. The maximum Gasteiger partial charge on any atom is 0.0594 e. The lowest BCUT2D eigenvalue weighted by Crippen LogP contribution is -2.34. The quantitative estimate of drug-likeness (QED) is 0.883. The van der Waals surface area contributed by atoms with Crippen LogP contribution in [0.1, 0.15) is 38.2 Å². The van der Waals surface area contributed by atoms with Crippen LogP contribution in [0.25, 0.3) is 0 Å². The van der Waals surface area contributed by atoms with E-state index in [-0.39, 0.29) is 0 Å². The van der Waals surface area contributed by atoms with E-state index in [4.69, 9.17) is 4.74 Å². The molecule has 1 fully saturated rings. The Morgan fingerprint density at radius 3 is 3.00 bits per heavy atom.